The highest BCUT2D eigenvalue weighted by atomic mass is 16.4. The molecule has 1 aliphatic heterocycles. The molecule has 1 heterocycles. The highest BCUT2D eigenvalue weighted by Crippen LogP contribution is 2.30. The van der Waals surface area contributed by atoms with E-state index in [0.29, 0.717) is 19.4 Å². The Morgan fingerprint density at radius 3 is 2.74 bits per heavy atom. The highest BCUT2D eigenvalue weighted by molar-refractivity contribution is 5.88. The van der Waals surface area contributed by atoms with Gasteiger partial charge in [0.2, 0.25) is 5.91 Å². The molecule has 0 aromatic carbocycles. The Morgan fingerprint density at radius 1 is 1.32 bits per heavy atom. The number of rotatable bonds is 3. The molecule has 0 bridgehead atoms. The minimum atomic E-state index is -1.01. The van der Waals surface area contributed by atoms with Crippen molar-refractivity contribution >= 4 is 11.9 Å². The van der Waals surface area contributed by atoms with Crippen molar-refractivity contribution in [1.82, 2.24) is 4.90 Å². The molecule has 19 heavy (non-hydrogen) atoms. The van der Waals surface area contributed by atoms with Gasteiger partial charge >= 0.3 is 5.97 Å². The Hall–Kier alpha value is -1.32. The summed E-state index contributed by atoms with van der Waals surface area (Å²) in [4.78, 5) is 25.5. The van der Waals surface area contributed by atoms with Crippen LogP contribution in [0, 0.1) is 0 Å². The number of likely N-dealkylation sites (tertiary alicyclic amines) is 1. The summed E-state index contributed by atoms with van der Waals surface area (Å²) in [5.74, 6) is -0.893. The Balaban J connectivity index is 2.07. The number of aliphatic carboxylic acids is 1. The van der Waals surface area contributed by atoms with Crippen molar-refractivity contribution in [2.24, 2.45) is 0 Å². The predicted molar refractivity (Wildman–Crippen MR) is 72.8 cm³/mol. The molecule has 0 aromatic rings. The fourth-order valence-corrected chi connectivity index (χ4v) is 3.10. The van der Waals surface area contributed by atoms with Gasteiger partial charge in [0.25, 0.3) is 0 Å². The molecule has 1 N–H and O–H groups in total. The van der Waals surface area contributed by atoms with Crippen LogP contribution in [-0.4, -0.2) is 34.0 Å². The quantitative estimate of drug-likeness (QED) is 0.798. The summed E-state index contributed by atoms with van der Waals surface area (Å²) in [5.41, 5.74) is 0.180. The van der Waals surface area contributed by atoms with E-state index in [1.165, 1.54) is 12.0 Å². The number of carbonyl (C=O) groups excluding carboxylic acids is 1. The van der Waals surface area contributed by atoms with Crippen molar-refractivity contribution in [3.8, 4) is 0 Å². The molecule has 0 aromatic heterocycles. The second-order valence-electron chi connectivity index (χ2n) is 5.87. The zero-order valence-electron chi connectivity index (χ0n) is 11.7. The maximum absolute atomic E-state index is 12.4. The van der Waals surface area contributed by atoms with Crippen molar-refractivity contribution in [3.05, 3.63) is 11.6 Å². The topological polar surface area (TPSA) is 57.6 Å². The van der Waals surface area contributed by atoms with Crippen LogP contribution in [0.5, 0.6) is 0 Å². The van der Waals surface area contributed by atoms with Gasteiger partial charge in [0.15, 0.2) is 0 Å². The fraction of sp³-hybridized carbons (Fsp3) is 0.733. The van der Waals surface area contributed by atoms with Gasteiger partial charge in [-0.2, -0.15) is 0 Å². The van der Waals surface area contributed by atoms with Gasteiger partial charge in [-0.15, -0.1) is 0 Å². The first kappa shape index (κ1) is 14.1. The van der Waals surface area contributed by atoms with E-state index in [4.69, 9.17) is 0 Å². The maximum atomic E-state index is 12.4. The van der Waals surface area contributed by atoms with E-state index in [0.717, 1.165) is 32.1 Å². The Labute approximate surface area is 114 Å². The van der Waals surface area contributed by atoms with Crippen molar-refractivity contribution in [2.75, 3.05) is 6.54 Å². The van der Waals surface area contributed by atoms with Gasteiger partial charge in [0.05, 0.1) is 0 Å². The number of allylic oxidation sites excluding steroid dienone is 1. The van der Waals surface area contributed by atoms with Gasteiger partial charge in [-0.3, -0.25) is 4.79 Å². The van der Waals surface area contributed by atoms with Gasteiger partial charge in [0, 0.05) is 13.0 Å². The average molecular weight is 265 g/mol. The molecule has 0 radical (unpaired) electrons. The Morgan fingerprint density at radius 2 is 2.11 bits per heavy atom. The molecule has 0 saturated carbocycles. The molecular weight excluding hydrogens is 242 g/mol. The van der Waals surface area contributed by atoms with Crippen LogP contribution in [0.2, 0.25) is 0 Å². The number of carbonyl (C=O) groups is 2. The number of carboxylic acids is 1. The molecule has 106 valence electrons. The smallest absolute Gasteiger partial charge is 0.329 e. The van der Waals surface area contributed by atoms with Gasteiger partial charge in [-0.05, 0) is 51.9 Å². The van der Waals surface area contributed by atoms with E-state index in [9.17, 15) is 14.7 Å². The molecule has 1 atom stereocenters. The third-order valence-corrected chi connectivity index (χ3v) is 4.42. The lowest BCUT2D eigenvalue weighted by Crippen LogP contribution is -2.57. The molecule has 2 rings (SSSR count). The van der Waals surface area contributed by atoms with Crippen LogP contribution in [0.15, 0.2) is 11.6 Å². The first-order valence-corrected chi connectivity index (χ1v) is 7.26. The first-order chi connectivity index (χ1) is 9.04. The van der Waals surface area contributed by atoms with Crippen LogP contribution in [-0.2, 0) is 9.59 Å². The summed E-state index contributed by atoms with van der Waals surface area (Å²) in [5, 5.41) is 9.41. The second-order valence-corrected chi connectivity index (χ2v) is 5.87. The molecule has 1 aliphatic carbocycles. The van der Waals surface area contributed by atoms with Crippen molar-refractivity contribution in [2.45, 2.75) is 63.8 Å². The van der Waals surface area contributed by atoms with Crippen LogP contribution >= 0.6 is 0 Å². The van der Waals surface area contributed by atoms with E-state index < -0.39 is 11.5 Å². The van der Waals surface area contributed by atoms with Gasteiger partial charge in [-0.1, -0.05) is 11.6 Å². The zero-order chi connectivity index (χ0) is 13.9. The number of amides is 1. The maximum Gasteiger partial charge on any atom is 0.329 e. The van der Waals surface area contributed by atoms with Crippen molar-refractivity contribution in [3.63, 3.8) is 0 Å². The second kappa shape index (κ2) is 5.76. The van der Waals surface area contributed by atoms with Gasteiger partial charge < -0.3 is 10.0 Å². The summed E-state index contributed by atoms with van der Waals surface area (Å²) in [6.45, 7) is 2.26. The first-order valence-electron chi connectivity index (χ1n) is 7.26. The zero-order valence-corrected chi connectivity index (χ0v) is 11.7. The third kappa shape index (κ3) is 2.99. The Kier molecular flexibility index (Phi) is 4.27. The van der Waals surface area contributed by atoms with Gasteiger partial charge in [0.1, 0.15) is 5.54 Å². The largest absolute Gasteiger partial charge is 0.480 e. The van der Waals surface area contributed by atoms with Crippen LogP contribution < -0.4 is 0 Å². The normalized spacial score (nSPS) is 27.8. The lowest BCUT2D eigenvalue weighted by atomic mass is 9.87. The van der Waals surface area contributed by atoms with Gasteiger partial charge in [-0.25, -0.2) is 4.79 Å². The molecule has 4 nitrogen and oxygen atoms in total. The SMILES string of the molecule is CC1(C(=O)O)CCCCN1C(=O)CC1=CCCCC1. The van der Waals surface area contributed by atoms with E-state index in [-0.39, 0.29) is 5.91 Å². The van der Waals surface area contributed by atoms with Crippen LogP contribution in [0.1, 0.15) is 58.3 Å². The third-order valence-electron chi connectivity index (χ3n) is 4.42. The summed E-state index contributed by atoms with van der Waals surface area (Å²) in [6.07, 6.45) is 9.31. The van der Waals surface area contributed by atoms with E-state index >= 15 is 0 Å². The summed E-state index contributed by atoms with van der Waals surface area (Å²) < 4.78 is 0. The molecular formula is C15H23NO3. The summed E-state index contributed by atoms with van der Waals surface area (Å²) in [7, 11) is 0. The van der Waals surface area contributed by atoms with E-state index in [1.54, 1.807) is 11.8 Å². The number of hydrogen-bond donors (Lipinski definition) is 1. The fourth-order valence-electron chi connectivity index (χ4n) is 3.10. The van der Waals surface area contributed by atoms with E-state index in [1.807, 2.05) is 0 Å². The van der Waals surface area contributed by atoms with Crippen LogP contribution in [0.25, 0.3) is 0 Å². The molecule has 1 amide bonds. The molecule has 4 heteroatoms. The minimum absolute atomic E-state index is 0.0160. The lowest BCUT2D eigenvalue weighted by Gasteiger charge is -2.42. The standard InChI is InChI=1S/C15H23NO3/c1-15(14(18)19)9-5-6-10-16(15)13(17)11-12-7-3-2-4-8-12/h7H,2-6,8-11H2,1H3,(H,18,19). The minimum Gasteiger partial charge on any atom is -0.480 e. The number of hydrogen-bond acceptors (Lipinski definition) is 2. The molecule has 2 aliphatic rings. The monoisotopic (exact) mass is 265 g/mol. The number of nitrogens with zero attached hydrogens (tertiary/aromatic N) is 1. The number of piperidine rings is 1. The molecule has 1 unspecified atom stereocenters. The molecule has 1 saturated heterocycles. The summed E-state index contributed by atoms with van der Waals surface area (Å²) in [6, 6.07) is 0. The summed E-state index contributed by atoms with van der Waals surface area (Å²) >= 11 is 0. The van der Waals surface area contributed by atoms with Crippen LogP contribution in [0.3, 0.4) is 0 Å². The van der Waals surface area contributed by atoms with E-state index in [2.05, 4.69) is 6.08 Å². The lowest BCUT2D eigenvalue weighted by molar-refractivity contribution is -0.160. The molecule has 1 fully saturated rings. The van der Waals surface area contributed by atoms with Crippen LogP contribution in [0.4, 0.5) is 0 Å². The van der Waals surface area contributed by atoms with Crippen molar-refractivity contribution in [1.29, 1.82) is 0 Å². The van der Waals surface area contributed by atoms with Crippen molar-refractivity contribution < 1.29 is 14.7 Å². The number of carboxylic acid groups (broad SMARTS) is 1. The highest BCUT2D eigenvalue weighted by Gasteiger charge is 2.43. The predicted octanol–water partition coefficient (Wildman–Crippen LogP) is 2.73. The molecule has 0 spiro atoms. The Bertz CT molecular complexity index is 402. The average Bonchev–Trinajstić information content (AvgIpc) is 2.40.